The van der Waals surface area contributed by atoms with Crippen LogP contribution in [0.4, 0.5) is 0 Å². The molecule has 3 nitrogen and oxygen atoms in total. The highest BCUT2D eigenvalue weighted by atomic mass is 15.2. The minimum atomic E-state index is -0.192. The van der Waals surface area contributed by atoms with Gasteiger partial charge in [0.1, 0.15) is 0 Å². The second kappa shape index (κ2) is 5.90. The largest absolute Gasteiger partial charge is 0.0878 e. The van der Waals surface area contributed by atoms with Crippen LogP contribution in [0, 0.1) is 0 Å². The van der Waals surface area contributed by atoms with Gasteiger partial charge in [0.15, 0.2) is 0 Å². The van der Waals surface area contributed by atoms with Crippen molar-refractivity contribution in [1.29, 1.82) is 0 Å². The monoisotopic (exact) mass is 169 g/mol. The summed E-state index contributed by atoms with van der Waals surface area (Å²) in [5, 5.41) is 3.73. The van der Waals surface area contributed by atoms with E-state index in [2.05, 4.69) is 16.9 Å². The number of hydrogen-bond acceptors (Lipinski definition) is 1. The lowest BCUT2D eigenvalue weighted by atomic mass is 9.98. The number of unbranched alkanes of at least 4 members (excludes halogenated alkanes) is 3. The average molecular weight is 169 g/mol. The lowest BCUT2D eigenvalue weighted by molar-refractivity contribution is 0.443. The quantitative estimate of drug-likeness (QED) is 0.249. The van der Waals surface area contributed by atoms with E-state index < -0.39 is 0 Å². The van der Waals surface area contributed by atoms with Gasteiger partial charge in [-0.25, -0.2) is 0 Å². The van der Waals surface area contributed by atoms with Crippen molar-refractivity contribution < 1.29 is 0 Å². The maximum Gasteiger partial charge on any atom is 0.0432 e. The molecule has 0 aromatic rings. The fourth-order valence-electron chi connectivity index (χ4n) is 1.16. The van der Waals surface area contributed by atoms with E-state index in [4.69, 9.17) is 5.53 Å². The van der Waals surface area contributed by atoms with Gasteiger partial charge in [0.2, 0.25) is 0 Å². The molecule has 0 saturated heterocycles. The van der Waals surface area contributed by atoms with E-state index in [0.717, 1.165) is 6.42 Å². The summed E-state index contributed by atoms with van der Waals surface area (Å²) in [7, 11) is 0. The molecule has 0 N–H and O–H groups in total. The summed E-state index contributed by atoms with van der Waals surface area (Å²) in [6, 6.07) is 0. The zero-order chi connectivity index (χ0) is 9.45. The van der Waals surface area contributed by atoms with Crippen LogP contribution in [0.25, 0.3) is 10.4 Å². The normalized spacial score (nSPS) is 10.9. The molecule has 0 aliphatic heterocycles. The van der Waals surface area contributed by atoms with Crippen molar-refractivity contribution in [3.63, 3.8) is 0 Å². The molecule has 0 atom stereocenters. The van der Waals surface area contributed by atoms with Gasteiger partial charge in [0, 0.05) is 10.5 Å². The summed E-state index contributed by atoms with van der Waals surface area (Å²) in [5.74, 6) is 0. The van der Waals surface area contributed by atoms with Crippen LogP contribution in [-0.2, 0) is 0 Å². The molecule has 12 heavy (non-hydrogen) atoms. The molecule has 0 aromatic heterocycles. The van der Waals surface area contributed by atoms with Crippen molar-refractivity contribution in [3.8, 4) is 0 Å². The maximum atomic E-state index is 8.26. The number of azide groups is 1. The Labute approximate surface area is 74.8 Å². The Balaban J connectivity index is 3.54. The van der Waals surface area contributed by atoms with Gasteiger partial charge < -0.3 is 0 Å². The predicted molar refractivity (Wildman–Crippen MR) is 52.0 cm³/mol. The van der Waals surface area contributed by atoms with Gasteiger partial charge >= 0.3 is 0 Å². The highest BCUT2D eigenvalue weighted by Crippen LogP contribution is 2.18. The van der Waals surface area contributed by atoms with Crippen molar-refractivity contribution in [2.24, 2.45) is 5.11 Å². The van der Waals surface area contributed by atoms with E-state index in [0.29, 0.717) is 0 Å². The molecular weight excluding hydrogens is 150 g/mol. The number of hydrogen-bond donors (Lipinski definition) is 0. The first-order chi connectivity index (χ1) is 5.62. The van der Waals surface area contributed by atoms with Crippen LogP contribution in [0.3, 0.4) is 0 Å². The van der Waals surface area contributed by atoms with Gasteiger partial charge in [-0.1, -0.05) is 51.6 Å². The third kappa shape index (κ3) is 6.05. The second-order valence-electron chi connectivity index (χ2n) is 3.81. The molecule has 0 aliphatic rings. The molecule has 0 bridgehead atoms. The highest BCUT2D eigenvalue weighted by molar-refractivity contribution is 4.77. The van der Waals surface area contributed by atoms with Crippen molar-refractivity contribution in [2.75, 3.05) is 0 Å². The Kier molecular flexibility index (Phi) is 5.56. The molecular formula is C9H19N3. The third-order valence-electron chi connectivity index (χ3n) is 1.96. The lowest BCUT2D eigenvalue weighted by Crippen LogP contribution is -2.14. The summed E-state index contributed by atoms with van der Waals surface area (Å²) in [4.78, 5) is 2.83. The first-order valence-corrected chi connectivity index (χ1v) is 4.68. The summed E-state index contributed by atoms with van der Waals surface area (Å²) >= 11 is 0. The maximum absolute atomic E-state index is 8.26. The van der Waals surface area contributed by atoms with Crippen LogP contribution in [0.1, 0.15) is 52.9 Å². The first-order valence-electron chi connectivity index (χ1n) is 4.68. The molecule has 0 unspecified atom stereocenters. The summed E-state index contributed by atoms with van der Waals surface area (Å²) < 4.78 is 0. The van der Waals surface area contributed by atoms with Crippen LogP contribution >= 0.6 is 0 Å². The molecule has 3 heteroatoms. The minimum Gasteiger partial charge on any atom is -0.0878 e. The van der Waals surface area contributed by atoms with E-state index in [1.54, 1.807) is 0 Å². The predicted octanol–water partition coefficient (Wildman–Crippen LogP) is 4.05. The molecule has 0 spiro atoms. The SMILES string of the molecule is CCCCCCC(C)(C)N=[N+]=[N-]. The molecule has 0 aliphatic carbocycles. The average Bonchev–Trinajstić information content (AvgIpc) is 1.98. The van der Waals surface area contributed by atoms with Crippen LogP contribution in [0.15, 0.2) is 5.11 Å². The Morgan fingerprint density at radius 2 is 1.92 bits per heavy atom. The Bertz CT molecular complexity index is 157. The Hall–Kier alpha value is -0.690. The summed E-state index contributed by atoms with van der Waals surface area (Å²) in [5.41, 5.74) is 8.07. The van der Waals surface area contributed by atoms with Gasteiger partial charge in [0.25, 0.3) is 0 Å². The van der Waals surface area contributed by atoms with E-state index in [1.165, 1.54) is 25.7 Å². The van der Waals surface area contributed by atoms with Crippen LogP contribution in [0.5, 0.6) is 0 Å². The van der Waals surface area contributed by atoms with Crippen LogP contribution in [-0.4, -0.2) is 5.54 Å². The Morgan fingerprint density at radius 3 is 2.42 bits per heavy atom. The van der Waals surface area contributed by atoms with E-state index >= 15 is 0 Å². The van der Waals surface area contributed by atoms with Crippen molar-refractivity contribution >= 4 is 0 Å². The smallest absolute Gasteiger partial charge is 0.0432 e. The molecule has 0 heterocycles. The van der Waals surface area contributed by atoms with Gasteiger partial charge in [-0.15, -0.1) is 0 Å². The van der Waals surface area contributed by atoms with Crippen LogP contribution in [0.2, 0.25) is 0 Å². The summed E-state index contributed by atoms with van der Waals surface area (Å²) in [6.45, 7) is 6.16. The highest BCUT2D eigenvalue weighted by Gasteiger charge is 2.13. The van der Waals surface area contributed by atoms with Gasteiger partial charge in [0.05, 0.1) is 0 Å². The van der Waals surface area contributed by atoms with Crippen molar-refractivity contribution in [2.45, 2.75) is 58.4 Å². The van der Waals surface area contributed by atoms with E-state index in [1.807, 2.05) is 13.8 Å². The van der Waals surface area contributed by atoms with Gasteiger partial charge in [-0.3, -0.25) is 0 Å². The molecule has 0 radical (unpaired) electrons. The van der Waals surface area contributed by atoms with Crippen molar-refractivity contribution in [1.82, 2.24) is 0 Å². The fraction of sp³-hybridized carbons (Fsp3) is 1.00. The molecule has 0 rings (SSSR count). The topological polar surface area (TPSA) is 48.8 Å². The fourth-order valence-corrected chi connectivity index (χ4v) is 1.16. The molecule has 0 fully saturated rings. The first kappa shape index (κ1) is 11.3. The van der Waals surface area contributed by atoms with Gasteiger partial charge in [-0.05, 0) is 12.0 Å². The second-order valence-corrected chi connectivity index (χ2v) is 3.81. The van der Waals surface area contributed by atoms with E-state index in [9.17, 15) is 0 Å². The number of nitrogens with zero attached hydrogens (tertiary/aromatic N) is 3. The minimum absolute atomic E-state index is 0.192. The zero-order valence-electron chi connectivity index (χ0n) is 8.38. The molecule has 0 amide bonds. The number of rotatable bonds is 6. The van der Waals surface area contributed by atoms with Crippen molar-refractivity contribution in [3.05, 3.63) is 10.4 Å². The molecule has 70 valence electrons. The molecule has 0 aromatic carbocycles. The molecule has 0 saturated carbocycles. The summed E-state index contributed by atoms with van der Waals surface area (Å²) in [6.07, 6.45) is 5.95. The van der Waals surface area contributed by atoms with E-state index in [-0.39, 0.29) is 5.54 Å². The standard InChI is InChI=1S/C9H19N3/c1-4-5-6-7-8-9(2,3)11-12-10/h4-8H2,1-3H3. The lowest BCUT2D eigenvalue weighted by Gasteiger charge is -2.16. The Morgan fingerprint density at radius 1 is 1.25 bits per heavy atom. The zero-order valence-corrected chi connectivity index (χ0v) is 8.38. The van der Waals surface area contributed by atoms with Gasteiger partial charge in [-0.2, -0.15) is 0 Å². The third-order valence-corrected chi connectivity index (χ3v) is 1.96. The van der Waals surface area contributed by atoms with Crippen LogP contribution < -0.4 is 0 Å².